The number of carboxylic acid groups (broad SMARTS) is 1. The zero-order chi connectivity index (χ0) is 16.2. The van der Waals surface area contributed by atoms with Gasteiger partial charge in [0.2, 0.25) is 0 Å². The topological polar surface area (TPSA) is 102 Å². The van der Waals surface area contributed by atoms with Gasteiger partial charge in [-0.05, 0) is 33.3 Å². The molecule has 0 bridgehead atoms. The van der Waals surface area contributed by atoms with Crippen molar-refractivity contribution in [1.29, 1.82) is 0 Å². The number of para-hydroxylation sites is 1. The molecule has 0 fully saturated rings. The third kappa shape index (κ3) is 4.16. The van der Waals surface area contributed by atoms with Crippen LogP contribution in [0.2, 0.25) is 0 Å². The molecule has 0 aliphatic carbocycles. The fraction of sp³-hybridized carbons (Fsp3) is 0.500. The second kappa shape index (κ2) is 6.53. The number of benzene rings is 1. The van der Waals surface area contributed by atoms with Crippen LogP contribution in [0.1, 0.15) is 26.3 Å². The van der Waals surface area contributed by atoms with E-state index in [1.54, 1.807) is 19.1 Å². The highest BCUT2D eigenvalue weighted by Crippen LogP contribution is 2.30. The van der Waals surface area contributed by atoms with Gasteiger partial charge in [-0.3, -0.25) is 20.2 Å². The third-order valence-electron chi connectivity index (χ3n) is 2.97. The number of nitrogens with zero attached hydrogens (tertiary/aromatic N) is 1. The summed E-state index contributed by atoms with van der Waals surface area (Å²) in [5.74, 6) is -0.979. The summed E-state index contributed by atoms with van der Waals surface area (Å²) < 4.78 is 5.47. The van der Waals surface area contributed by atoms with E-state index in [4.69, 9.17) is 4.74 Å². The Kier molecular flexibility index (Phi) is 5.26. The lowest BCUT2D eigenvalue weighted by Crippen LogP contribution is -2.56. The fourth-order valence-corrected chi connectivity index (χ4v) is 1.99. The van der Waals surface area contributed by atoms with Crippen LogP contribution in [-0.2, 0) is 4.79 Å². The Labute approximate surface area is 123 Å². The smallest absolute Gasteiger partial charge is 0.327 e. The highest BCUT2D eigenvalue weighted by molar-refractivity contribution is 5.78. The standard InChI is InChI=1S/C14H20N2O5/c1-9(2)15-14(4,13(17)18)8-21-12-10(3)6-5-7-11(12)16(19)20/h5-7,9,15H,8H2,1-4H3,(H,17,18). The Bertz CT molecular complexity index is 544. The van der Waals surface area contributed by atoms with Crippen molar-refractivity contribution in [3.63, 3.8) is 0 Å². The molecule has 0 heterocycles. The van der Waals surface area contributed by atoms with Gasteiger partial charge >= 0.3 is 11.7 Å². The number of aryl methyl sites for hydroxylation is 1. The van der Waals surface area contributed by atoms with Gasteiger partial charge in [0, 0.05) is 12.1 Å². The number of nitro benzene ring substituents is 1. The Morgan fingerprint density at radius 1 is 1.52 bits per heavy atom. The number of aliphatic carboxylic acids is 1. The summed E-state index contributed by atoms with van der Waals surface area (Å²) >= 11 is 0. The van der Waals surface area contributed by atoms with E-state index in [9.17, 15) is 20.0 Å². The van der Waals surface area contributed by atoms with Gasteiger partial charge in [-0.25, -0.2) is 0 Å². The second-order valence-electron chi connectivity index (χ2n) is 5.41. The van der Waals surface area contributed by atoms with Crippen molar-refractivity contribution in [3.05, 3.63) is 33.9 Å². The molecule has 0 aliphatic rings. The van der Waals surface area contributed by atoms with Crippen molar-refractivity contribution in [2.75, 3.05) is 6.61 Å². The van der Waals surface area contributed by atoms with E-state index in [1.807, 2.05) is 13.8 Å². The number of carbonyl (C=O) groups is 1. The van der Waals surface area contributed by atoms with Crippen molar-refractivity contribution in [3.8, 4) is 5.75 Å². The molecule has 7 heteroatoms. The predicted molar refractivity (Wildman–Crippen MR) is 77.6 cm³/mol. The number of ether oxygens (including phenoxy) is 1. The molecule has 0 radical (unpaired) electrons. The van der Waals surface area contributed by atoms with Crippen LogP contribution in [0.5, 0.6) is 5.75 Å². The first kappa shape index (κ1) is 16.9. The molecule has 1 atom stereocenters. The van der Waals surface area contributed by atoms with E-state index in [1.165, 1.54) is 13.0 Å². The first-order valence-electron chi connectivity index (χ1n) is 6.55. The lowest BCUT2D eigenvalue weighted by molar-refractivity contribution is -0.386. The van der Waals surface area contributed by atoms with Crippen molar-refractivity contribution >= 4 is 11.7 Å². The van der Waals surface area contributed by atoms with Crippen LogP contribution in [0.3, 0.4) is 0 Å². The number of hydrogen-bond acceptors (Lipinski definition) is 5. The van der Waals surface area contributed by atoms with E-state index in [0.29, 0.717) is 5.56 Å². The minimum Gasteiger partial charge on any atom is -0.484 e. The van der Waals surface area contributed by atoms with Crippen molar-refractivity contribution in [2.45, 2.75) is 39.3 Å². The zero-order valence-corrected chi connectivity index (χ0v) is 12.5. The van der Waals surface area contributed by atoms with Gasteiger partial charge in [-0.2, -0.15) is 0 Å². The van der Waals surface area contributed by atoms with Crippen molar-refractivity contribution in [1.82, 2.24) is 5.32 Å². The third-order valence-corrected chi connectivity index (χ3v) is 2.97. The van der Waals surface area contributed by atoms with Crippen LogP contribution in [0, 0.1) is 17.0 Å². The molecule has 21 heavy (non-hydrogen) atoms. The lowest BCUT2D eigenvalue weighted by atomic mass is 10.0. The summed E-state index contributed by atoms with van der Waals surface area (Å²) in [6, 6.07) is 4.50. The molecule has 7 nitrogen and oxygen atoms in total. The number of hydrogen-bond donors (Lipinski definition) is 2. The largest absolute Gasteiger partial charge is 0.484 e. The summed E-state index contributed by atoms with van der Waals surface area (Å²) in [6.45, 7) is 6.58. The number of rotatable bonds is 7. The number of nitro groups is 1. The van der Waals surface area contributed by atoms with Crippen LogP contribution in [-0.4, -0.2) is 34.2 Å². The molecule has 0 aromatic heterocycles. The van der Waals surface area contributed by atoms with E-state index >= 15 is 0 Å². The van der Waals surface area contributed by atoms with Gasteiger partial charge in [0.15, 0.2) is 5.75 Å². The van der Waals surface area contributed by atoms with Gasteiger partial charge in [0.1, 0.15) is 12.1 Å². The maximum atomic E-state index is 11.4. The summed E-state index contributed by atoms with van der Waals surface area (Å²) in [7, 11) is 0. The number of carboxylic acids is 1. The molecule has 1 aromatic rings. The van der Waals surface area contributed by atoms with Crippen molar-refractivity contribution in [2.24, 2.45) is 0 Å². The molecule has 0 saturated carbocycles. The zero-order valence-electron chi connectivity index (χ0n) is 12.5. The molecule has 0 spiro atoms. The molecule has 2 N–H and O–H groups in total. The van der Waals surface area contributed by atoms with Crippen LogP contribution in [0.15, 0.2) is 18.2 Å². The first-order chi connectivity index (χ1) is 9.67. The summed E-state index contributed by atoms with van der Waals surface area (Å²) in [5.41, 5.74) is -0.918. The van der Waals surface area contributed by atoms with Crippen LogP contribution in [0.25, 0.3) is 0 Å². The Morgan fingerprint density at radius 3 is 2.62 bits per heavy atom. The Balaban J connectivity index is 3.01. The summed E-state index contributed by atoms with van der Waals surface area (Å²) in [6.07, 6.45) is 0. The van der Waals surface area contributed by atoms with Gasteiger partial charge in [0.25, 0.3) is 0 Å². The molecular weight excluding hydrogens is 276 g/mol. The highest BCUT2D eigenvalue weighted by Gasteiger charge is 2.35. The molecular formula is C14H20N2O5. The van der Waals surface area contributed by atoms with Gasteiger partial charge in [-0.1, -0.05) is 12.1 Å². The van der Waals surface area contributed by atoms with Gasteiger partial charge < -0.3 is 9.84 Å². The average molecular weight is 296 g/mol. The molecule has 0 amide bonds. The minimum absolute atomic E-state index is 0.0680. The molecule has 116 valence electrons. The summed E-state index contributed by atoms with van der Waals surface area (Å²) in [4.78, 5) is 21.9. The van der Waals surface area contributed by atoms with Crippen LogP contribution in [0.4, 0.5) is 5.69 Å². The van der Waals surface area contributed by atoms with E-state index < -0.39 is 16.4 Å². The van der Waals surface area contributed by atoms with Gasteiger partial charge in [0.05, 0.1) is 4.92 Å². The van der Waals surface area contributed by atoms with E-state index in [-0.39, 0.29) is 24.1 Å². The van der Waals surface area contributed by atoms with Gasteiger partial charge in [-0.15, -0.1) is 0 Å². The van der Waals surface area contributed by atoms with E-state index in [0.717, 1.165) is 0 Å². The van der Waals surface area contributed by atoms with Crippen molar-refractivity contribution < 1.29 is 19.6 Å². The Morgan fingerprint density at radius 2 is 2.14 bits per heavy atom. The normalized spacial score (nSPS) is 13.8. The maximum absolute atomic E-state index is 11.4. The average Bonchev–Trinajstić information content (AvgIpc) is 2.35. The summed E-state index contributed by atoms with van der Waals surface area (Å²) in [5, 5.41) is 23.2. The Hall–Kier alpha value is -2.15. The second-order valence-corrected chi connectivity index (χ2v) is 5.41. The monoisotopic (exact) mass is 296 g/mol. The quantitative estimate of drug-likeness (QED) is 0.590. The highest BCUT2D eigenvalue weighted by atomic mass is 16.6. The van der Waals surface area contributed by atoms with Crippen LogP contribution >= 0.6 is 0 Å². The lowest BCUT2D eigenvalue weighted by Gasteiger charge is -2.28. The molecule has 0 saturated heterocycles. The minimum atomic E-state index is -1.33. The molecule has 1 rings (SSSR count). The molecule has 1 unspecified atom stereocenters. The fourth-order valence-electron chi connectivity index (χ4n) is 1.99. The predicted octanol–water partition coefficient (Wildman–Crippen LogP) is 2.12. The SMILES string of the molecule is Cc1cccc([N+](=O)[O-])c1OCC(C)(NC(C)C)C(=O)O. The maximum Gasteiger partial charge on any atom is 0.327 e. The van der Waals surface area contributed by atoms with E-state index in [2.05, 4.69) is 5.32 Å². The first-order valence-corrected chi connectivity index (χ1v) is 6.55. The van der Waals surface area contributed by atoms with Crippen LogP contribution < -0.4 is 10.1 Å². The number of nitrogens with one attached hydrogen (secondary N) is 1. The molecule has 1 aromatic carbocycles. The molecule has 0 aliphatic heterocycles.